The van der Waals surface area contributed by atoms with Crippen LogP contribution in [0.1, 0.15) is 113 Å². The molecule has 9 aromatic rings. The minimum Gasteiger partial charge on any atom is -0.463 e. The molecule has 0 saturated carbocycles. The normalized spacial score (nSPS) is 18.9. The highest BCUT2D eigenvalue weighted by atomic mass is 35.5. The number of rotatable bonds is 19. The quantitative estimate of drug-likeness (QED) is 0.0394. The highest BCUT2D eigenvalue weighted by Gasteiger charge is 2.53. The lowest BCUT2D eigenvalue weighted by atomic mass is 9.79. The molecule has 5 fully saturated rings. The zero-order chi connectivity index (χ0) is 84.7. The van der Waals surface area contributed by atoms with Gasteiger partial charge in [-0.15, -0.1) is 23.2 Å². The van der Waals surface area contributed by atoms with Gasteiger partial charge in [0.2, 0.25) is 29.5 Å². The van der Waals surface area contributed by atoms with Crippen LogP contribution in [-0.4, -0.2) is 170 Å². The molecule has 6 atom stereocenters. The first kappa shape index (κ1) is 90.7. The molecule has 5 saturated heterocycles. The maximum Gasteiger partial charge on any atom is 0.331 e. The van der Waals surface area contributed by atoms with Crippen LogP contribution in [0.15, 0.2) is 265 Å². The van der Waals surface area contributed by atoms with Crippen LogP contribution in [0.4, 0.5) is 17.1 Å². The maximum absolute atomic E-state index is 14.3. The number of nitrogens with zero attached hydrogens (tertiary/aromatic N) is 7. The summed E-state index contributed by atoms with van der Waals surface area (Å²) in [5, 5.41) is 19.0. The Morgan fingerprint density at radius 2 is 0.890 bits per heavy atom. The second-order valence-corrected chi connectivity index (χ2v) is 33.8. The molecule has 5 aliphatic rings. The number of anilines is 3. The van der Waals surface area contributed by atoms with E-state index in [9.17, 15) is 33.9 Å². The largest absolute Gasteiger partial charge is 0.463 e. The Bertz CT molecular complexity index is 4700. The van der Waals surface area contributed by atoms with Crippen LogP contribution in [0.3, 0.4) is 0 Å². The summed E-state index contributed by atoms with van der Waals surface area (Å²) in [6, 6.07) is 77.7. The number of alkyl halides is 2. The van der Waals surface area contributed by atoms with Gasteiger partial charge in [-0.3, -0.25) is 39.3 Å². The number of hydrogen-bond donors (Lipinski definition) is 3. The number of aliphatic hydroxyl groups excluding tert-OH is 1. The molecule has 620 valence electrons. The van der Waals surface area contributed by atoms with Gasteiger partial charge >= 0.3 is 5.97 Å². The van der Waals surface area contributed by atoms with Gasteiger partial charge in [0.25, 0.3) is 0 Å². The van der Waals surface area contributed by atoms with E-state index in [2.05, 4.69) is 10.6 Å². The minimum atomic E-state index is -0.988. The van der Waals surface area contributed by atoms with Gasteiger partial charge in [-0.1, -0.05) is 258 Å². The molecule has 5 heterocycles. The number of esters is 1. The number of hydrogen-bond acceptors (Lipinski definition) is 13. The summed E-state index contributed by atoms with van der Waals surface area (Å²) in [6.07, 6.45) is 4.71. The van der Waals surface area contributed by atoms with Gasteiger partial charge in [0.15, 0.2) is 11.8 Å². The SMILES string of the molecule is CC1(C)COC(=O)[C@H]1N=C(c1ccccc1)c1ccccc1.CN(C(=O)[C@@H]1CCCN1)c1ccc(Cl)cc1.CN(C(=O)[C@@H]1CCCN1C(=O)[C@@H](N=C(c1ccccc1)c1ccccc1)C(C)(C)CO)c1ccc(Cl)cc1.CN(C(=O)[C@@H]1CCCN1C(=O)[C@H]1NC(c2ccccc2)(c2ccccc2)OCC1(C)C)c1ccc(Cl)cc1.ClCCCl. The molecule has 3 N–H and O–H groups in total. The number of nitrogens with one attached hydrogen (secondary N) is 2. The van der Waals surface area contributed by atoms with Crippen molar-refractivity contribution in [3.05, 3.63) is 303 Å². The fourth-order valence-electron chi connectivity index (χ4n) is 14.8. The zero-order valence-electron chi connectivity index (χ0n) is 68.3. The third kappa shape index (κ3) is 22.9. The van der Waals surface area contributed by atoms with E-state index in [0.29, 0.717) is 77.4 Å². The molecule has 0 aromatic heterocycles. The van der Waals surface area contributed by atoms with Gasteiger partial charge in [-0.2, -0.15) is 0 Å². The van der Waals surface area contributed by atoms with Crippen LogP contribution in [0.2, 0.25) is 15.1 Å². The number of likely N-dealkylation sites (N-methyl/N-ethyl adjacent to an activating group) is 3. The molecule has 0 spiro atoms. The number of carbonyl (C=O) groups excluding carboxylic acids is 6. The summed E-state index contributed by atoms with van der Waals surface area (Å²) >= 11 is 28.0. The fourth-order valence-corrected chi connectivity index (χ4v) is 15.2. The second kappa shape index (κ2) is 42.4. The Kier molecular flexibility index (Phi) is 32.6. The molecule has 0 aliphatic carbocycles. The van der Waals surface area contributed by atoms with Crippen molar-refractivity contribution >= 4 is 122 Å². The topological polar surface area (TPSA) is 206 Å². The van der Waals surface area contributed by atoms with Gasteiger partial charge in [0.1, 0.15) is 18.1 Å². The number of carbonyl (C=O) groups is 6. The van der Waals surface area contributed by atoms with Crippen LogP contribution in [0.25, 0.3) is 0 Å². The summed E-state index contributed by atoms with van der Waals surface area (Å²) in [5.41, 5.74) is 6.82. The lowest BCUT2D eigenvalue weighted by molar-refractivity contribution is -0.166. The molecule has 0 unspecified atom stereocenters. The highest BCUT2D eigenvalue weighted by molar-refractivity contribution is 6.31. The fraction of sp³-hybridized carbons (Fsp3) is 0.347. The summed E-state index contributed by atoms with van der Waals surface area (Å²) in [4.78, 5) is 97.9. The molecule has 5 amide bonds. The number of cyclic esters (lactones) is 1. The first-order valence-electron chi connectivity index (χ1n) is 39.9. The van der Waals surface area contributed by atoms with E-state index in [1.54, 1.807) is 94.2 Å². The number of ether oxygens (including phenoxy) is 2. The highest BCUT2D eigenvalue weighted by Crippen LogP contribution is 2.42. The third-order valence-corrected chi connectivity index (χ3v) is 23.1. The van der Waals surface area contributed by atoms with Crippen molar-refractivity contribution in [3.63, 3.8) is 0 Å². The molecule has 5 aliphatic heterocycles. The van der Waals surface area contributed by atoms with E-state index in [0.717, 1.165) is 82.7 Å². The molecule has 18 nitrogen and oxygen atoms in total. The molecule has 9 aromatic carbocycles. The van der Waals surface area contributed by atoms with Gasteiger partial charge in [0.05, 0.1) is 43.3 Å². The number of amides is 5. The van der Waals surface area contributed by atoms with Crippen molar-refractivity contribution in [3.8, 4) is 0 Å². The number of benzene rings is 9. The molecule has 23 heteroatoms. The first-order chi connectivity index (χ1) is 56.6. The molecule has 0 radical (unpaired) electrons. The Hall–Kier alpha value is -9.57. The Balaban J connectivity index is 0.000000171. The Morgan fingerprint density at radius 1 is 0.508 bits per heavy atom. The minimum absolute atomic E-state index is 0.0271. The van der Waals surface area contributed by atoms with E-state index >= 15 is 0 Å². The number of likely N-dealkylation sites (tertiary alicyclic amines) is 2. The molecule has 118 heavy (non-hydrogen) atoms. The Morgan fingerprint density at radius 3 is 1.26 bits per heavy atom. The van der Waals surface area contributed by atoms with Gasteiger partial charge in [-0.25, -0.2) is 4.79 Å². The maximum atomic E-state index is 14.3. The van der Waals surface area contributed by atoms with Crippen LogP contribution in [-0.2, 0) is 44.0 Å². The van der Waals surface area contributed by atoms with Crippen molar-refractivity contribution in [2.75, 3.05) is 87.1 Å². The summed E-state index contributed by atoms with van der Waals surface area (Å²) in [7, 11) is 5.26. The van der Waals surface area contributed by atoms with Gasteiger partial charge in [-0.05, 0) is 118 Å². The van der Waals surface area contributed by atoms with Crippen molar-refractivity contribution in [1.29, 1.82) is 0 Å². The van der Waals surface area contributed by atoms with Crippen molar-refractivity contribution < 1.29 is 43.3 Å². The summed E-state index contributed by atoms with van der Waals surface area (Å²) in [5.74, 6) is 0.413. The van der Waals surface area contributed by atoms with Crippen LogP contribution in [0.5, 0.6) is 0 Å². The first-order valence-corrected chi connectivity index (χ1v) is 42.1. The van der Waals surface area contributed by atoms with Crippen LogP contribution in [0, 0.1) is 16.2 Å². The number of aliphatic hydroxyl groups is 1. The van der Waals surface area contributed by atoms with E-state index in [1.165, 1.54) is 0 Å². The lowest BCUT2D eigenvalue weighted by Crippen LogP contribution is -2.67. The van der Waals surface area contributed by atoms with E-state index in [1.807, 2.05) is 248 Å². The summed E-state index contributed by atoms with van der Waals surface area (Å²) in [6.45, 7) is 14.3. The van der Waals surface area contributed by atoms with Crippen molar-refractivity contribution in [1.82, 2.24) is 20.4 Å². The molecule has 14 rings (SSSR count). The lowest BCUT2D eigenvalue weighted by Gasteiger charge is -2.50. The molecular formula is C95H106Cl5N9O9. The van der Waals surface area contributed by atoms with Crippen LogP contribution >= 0.6 is 58.0 Å². The van der Waals surface area contributed by atoms with E-state index in [4.69, 9.17) is 77.5 Å². The third-order valence-electron chi connectivity index (χ3n) is 21.7. The standard InChI is InChI=1S/2C31H34ClN3O3.C19H19NO2.C12H15ClN2O.C2H4Cl2/c1-30(2)21-38-31(22-11-6-4-7-12-22,23-13-8-5-9-14-23)33-27(30)29(37)35-20-10-15-26(35)28(36)34(3)25-18-16-24(32)17-19-25;1-31(2,21-36)28(33-27(22-11-6-4-7-12-22)23-13-8-5-9-14-23)30(38)35-20-10-15-26(35)29(37)34(3)25-18-16-24(32)17-19-25;1-19(2)13-22-18(21)17(19)20-16(14-9-5-3-6-10-14)15-11-7-4-8-12-15;1-15(10-6-4-9(13)5-7-10)12(16)11-3-2-8-14-11;3-1-2-4/h4-9,11-14,16-19,26-27,33H,10,15,20-21H2,1-3H3;4-9,11-14,16-19,26,28,36H,10,15,20-21H2,1-3H3;3-12,17H,13H2,1-2H3;4-7,11,14H,2-3,8H2,1H3;1-2H2/t26-,27+;26-,28+;17-;11-;/m0010./s1. The second-order valence-electron chi connectivity index (χ2n) is 31.8. The molecular weight excluding hydrogens is 1590 g/mol. The number of halogens is 5. The van der Waals surface area contributed by atoms with Crippen LogP contribution < -0.4 is 25.3 Å². The molecule has 0 bridgehead atoms. The predicted octanol–water partition coefficient (Wildman–Crippen LogP) is 17.4. The average molecular weight is 1700 g/mol. The average Bonchev–Trinajstić information content (AvgIpc) is 0.862. The monoisotopic (exact) mass is 1690 g/mol. The van der Waals surface area contributed by atoms with Gasteiger partial charge < -0.3 is 44.4 Å². The van der Waals surface area contributed by atoms with Crippen molar-refractivity contribution in [2.45, 2.75) is 122 Å². The zero-order valence-corrected chi connectivity index (χ0v) is 72.1. The van der Waals surface area contributed by atoms with E-state index < -0.39 is 46.8 Å². The predicted molar refractivity (Wildman–Crippen MR) is 477 cm³/mol. The van der Waals surface area contributed by atoms with Crippen molar-refractivity contribution in [2.24, 2.45) is 26.2 Å². The Labute approximate surface area is 719 Å². The van der Waals surface area contributed by atoms with E-state index in [-0.39, 0.29) is 53.6 Å². The smallest absolute Gasteiger partial charge is 0.331 e. The summed E-state index contributed by atoms with van der Waals surface area (Å²) < 4.78 is 11.8. The number of aliphatic imine (C=N–C) groups is 2. The van der Waals surface area contributed by atoms with Gasteiger partial charge in [0, 0.05) is 128 Å².